The van der Waals surface area contributed by atoms with Gasteiger partial charge in [0, 0.05) is 18.4 Å². The van der Waals surface area contributed by atoms with Crippen molar-refractivity contribution in [2.45, 2.75) is 18.9 Å². The minimum Gasteiger partial charge on any atom is -0.373 e. The average molecular weight is 148 g/mol. The third kappa shape index (κ3) is 1.40. The Balaban J connectivity index is 2.16. The van der Waals surface area contributed by atoms with Crippen molar-refractivity contribution in [1.82, 2.24) is 4.98 Å². The number of hydrogen-bond acceptors (Lipinski definition) is 2. The Bertz CT molecular complexity index is 216. The number of rotatable bonds is 1. The van der Waals surface area contributed by atoms with Gasteiger partial charge in [0.25, 0.3) is 0 Å². The quantitative estimate of drug-likeness (QED) is 0.605. The first-order valence-corrected chi connectivity index (χ1v) is 3.91. The second kappa shape index (κ2) is 3.01. The highest BCUT2D eigenvalue weighted by Crippen LogP contribution is 2.26. The van der Waals surface area contributed by atoms with Gasteiger partial charge in [-0.15, -0.1) is 0 Å². The molecule has 1 unspecified atom stereocenters. The molecule has 2 heteroatoms. The topological polar surface area (TPSA) is 22.1 Å². The van der Waals surface area contributed by atoms with Gasteiger partial charge < -0.3 is 4.74 Å². The molecule has 0 aromatic carbocycles. The second-order valence-electron chi connectivity index (χ2n) is 2.71. The molecule has 0 aliphatic carbocycles. The largest absolute Gasteiger partial charge is 0.373 e. The van der Waals surface area contributed by atoms with Crippen molar-refractivity contribution in [3.8, 4) is 0 Å². The summed E-state index contributed by atoms with van der Waals surface area (Å²) in [4.78, 5) is 3.92. The van der Waals surface area contributed by atoms with Crippen LogP contribution in [0.25, 0.3) is 0 Å². The van der Waals surface area contributed by atoms with Crippen LogP contribution in [0.3, 0.4) is 0 Å². The number of aromatic nitrogens is 1. The smallest absolute Gasteiger partial charge is 0.0947 e. The summed E-state index contributed by atoms with van der Waals surface area (Å²) in [5, 5.41) is 0. The molecule has 0 bridgehead atoms. The van der Waals surface area contributed by atoms with Crippen molar-refractivity contribution in [3.05, 3.63) is 30.1 Å². The summed E-state index contributed by atoms with van der Waals surface area (Å²) in [6, 6.07) is 3.94. The number of hydrogen-bond donors (Lipinski definition) is 0. The monoisotopic (exact) mass is 148 g/mol. The molecule has 1 aromatic heterocycles. The van der Waals surface area contributed by atoms with Crippen molar-refractivity contribution < 1.29 is 4.74 Å². The Labute approximate surface area is 66.2 Å². The van der Waals surface area contributed by atoms with Gasteiger partial charge in [-0.2, -0.15) is 0 Å². The Kier molecular flexibility index (Phi) is 1.86. The third-order valence-corrected chi connectivity index (χ3v) is 1.91. The van der Waals surface area contributed by atoms with Gasteiger partial charge in [-0.05, 0) is 18.9 Å². The summed E-state index contributed by atoms with van der Waals surface area (Å²) >= 11 is 0. The summed E-state index contributed by atoms with van der Waals surface area (Å²) in [5.41, 5.74) is 1.09. The van der Waals surface area contributed by atoms with E-state index < -0.39 is 0 Å². The Morgan fingerprint density at radius 2 is 2.64 bits per heavy atom. The lowest BCUT2D eigenvalue weighted by atomic mass is 10.1. The molecule has 0 saturated carbocycles. The second-order valence-corrected chi connectivity index (χ2v) is 2.71. The van der Waals surface area contributed by atoms with Gasteiger partial charge in [-0.1, -0.05) is 6.07 Å². The van der Waals surface area contributed by atoms with Gasteiger partial charge in [0.2, 0.25) is 0 Å². The highest BCUT2D eigenvalue weighted by Gasteiger charge is 2.17. The molecule has 2 nitrogen and oxygen atoms in total. The summed E-state index contributed by atoms with van der Waals surface area (Å²) < 4.78 is 5.47. The first-order valence-electron chi connectivity index (χ1n) is 3.91. The maximum Gasteiger partial charge on any atom is 0.0947 e. The predicted molar refractivity (Wildman–Crippen MR) is 41.0 cm³/mol. The molecule has 57 valence electrons. The Morgan fingerprint density at radius 1 is 1.64 bits per heavy atom. The molecule has 0 amide bonds. The fourth-order valence-corrected chi connectivity index (χ4v) is 1.34. The fraction of sp³-hybridized carbons (Fsp3) is 0.444. The SMILES string of the molecule is [c]1ncccc1C1CCCO1. The van der Waals surface area contributed by atoms with Crippen LogP contribution in [0, 0.1) is 6.20 Å². The lowest BCUT2D eigenvalue weighted by molar-refractivity contribution is 0.111. The summed E-state index contributed by atoms with van der Waals surface area (Å²) in [7, 11) is 0. The minimum atomic E-state index is 0.253. The van der Waals surface area contributed by atoms with Gasteiger partial charge in [0.05, 0.1) is 12.3 Å². The van der Waals surface area contributed by atoms with Gasteiger partial charge in [-0.25, -0.2) is 0 Å². The van der Waals surface area contributed by atoms with Crippen LogP contribution >= 0.6 is 0 Å². The van der Waals surface area contributed by atoms with Gasteiger partial charge >= 0.3 is 0 Å². The molecule has 1 radical (unpaired) electrons. The molecule has 1 fully saturated rings. The van der Waals surface area contributed by atoms with E-state index in [1.54, 1.807) is 6.20 Å². The van der Waals surface area contributed by atoms with Crippen LogP contribution in [0.4, 0.5) is 0 Å². The van der Waals surface area contributed by atoms with Crippen LogP contribution in [-0.2, 0) is 4.74 Å². The van der Waals surface area contributed by atoms with E-state index in [0.717, 1.165) is 25.0 Å². The zero-order valence-electron chi connectivity index (χ0n) is 6.29. The minimum absolute atomic E-state index is 0.253. The molecule has 0 spiro atoms. The highest BCUT2D eigenvalue weighted by molar-refractivity contribution is 5.11. The predicted octanol–water partition coefficient (Wildman–Crippen LogP) is 1.73. The fourth-order valence-electron chi connectivity index (χ4n) is 1.34. The number of pyridine rings is 1. The lowest BCUT2D eigenvalue weighted by Gasteiger charge is -2.06. The molecular weight excluding hydrogens is 138 g/mol. The molecule has 2 rings (SSSR count). The molecule has 1 aliphatic heterocycles. The number of nitrogens with zero attached hydrogens (tertiary/aromatic N) is 1. The standard InChI is InChI=1S/C9H10NO/c1-3-8(7-10-5-1)9-4-2-6-11-9/h1,3,5,9H,2,4,6H2. The van der Waals surface area contributed by atoms with Crippen LogP contribution in [0.1, 0.15) is 24.5 Å². The third-order valence-electron chi connectivity index (χ3n) is 1.91. The molecule has 1 aromatic rings. The van der Waals surface area contributed by atoms with E-state index in [4.69, 9.17) is 4.74 Å². The van der Waals surface area contributed by atoms with E-state index in [2.05, 4.69) is 11.2 Å². The Morgan fingerprint density at radius 3 is 3.27 bits per heavy atom. The van der Waals surface area contributed by atoms with Crippen molar-refractivity contribution in [3.63, 3.8) is 0 Å². The molecule has 11 heavy (non-hydrogen) atoms. The van der Waals surface area contributed by atoms with Crippen LogP contribution in [0.15, 0.2) is 18.3 Å². The van der Waals surface area contributed by atoms with E-state index in [1.165, 1.54) is 0 Å². The van der Waals surface area contributed by atoms with Crippen LogP contribution < -0.4 is 0 Å². The first-order chi connectivity index (χ1) is 5.47. The summed E-state index contributed by atoms with van der Waals surface area (Å²) in [6.07, 6.45) is 7.20. The van der Waals surface area contributed by atoms with E-state index >= 15 is 0 Å². The average Bonchev–Trinajstić information content (AvgIpc) is 2.58. The van der Waals surface area contributed by atoms with E-state index in [9.17, 15) is 0 Å². The maximum atomic E-state index is 5.47. The van der Waals surface area contributed by atoms with Gasteiger partial charge in [0.15, 0.2) is 0 Å². The first kappa shape index (κ1) is 6.80. The Hall–Kier alpha value is -0.890. The number of ether oxygens (including phenoxy) is 1. The summed E-state index contributed by atoms with van der Waals surface area (Å²) in [6.45, 7) is 0.882. The van der Waals surface area contributed by atoms with E-state index in [0.29, 0.717) is 0 Å². The van der Waals surface area contributed by atoms with Crippen molar-refractivity contribution in [1.29, 1.82) is 0 Å². The highest BCUT2D eigenvalue weighted by atomic mass is 16.5. The van der Waals surface area contributed by atoms with E-state index in [-0.39, 0.29) is 6.10 Å². The van der Waals surface area contributed by atoms with Crippen molar-refractivity contribution in [2.24, 2.45) is 0 Å². The van der Waals surface area contributed by atoms with Crippen LogP contribution in [-0.4, -0.2) is 11.6 Å². The van der Waals surface area contributed by atoms with Gasteiger partial charge in [-0.3, -0.25) is 4.98 Å². The van der Waals surface area contributed by atoms with E-state index in [1.807, 2.05) is 12.1 Å². The normalized spacial score (nSPS) is 23.8. The van der Waals surface area contributed by atoms with Gasteiger partial charge in [0.1, 0.15) is 0 Å². The molecule has 1 atom stereocenters. The lowest BCUT2D eigenvalue weighted by Crippen LogP contribution is -1.95. The van der Waals surface area contributed by atoms with Crippen LogP contribution in [0.2, 0.25) is 0 Å². The maximum absolute atomic E-state index is 5.47. The zero-order chi connectivity index (χ0) is 7.52. The van der Waals surface area contributed by atoms with Crippen molar-refractivity contribution in [2.75, 3.05) is 6.61 Å². The zero-order valence-corrected chi connectivity index (χ0v) is 6.29. The molecule has 1 saturated heterocycles. The molecule has 2 heterocycles. The van der Waals surface area contributed by atoms with Crippen LogP contribution in [0.5, 0.6) is 0 Å². The molecule has 0 N–H and O–H groups in total. The van der Waals surface area contributed by atoms with Crippen molar-refractivity contribution >= 4 is 0 Å². The molecule has 1 aliphatic rings. The molecular formula is C9H10NO. The summed E-state index contributed by atoms with van der Waals surface area (Å²) in [5.74, 6) is 0.